The molecule has 0 spiro atoms. The summed E-state index contributed by atoms with van der Waals surface area (Å²) in [4.78, 5) is 34.0. The minimum absolute atomic E-state index is 0.0604. The molecule has 1 atom stereocenters. The predicted molar refractivity (Wildman–Crippen MR) is 60.1 cm³/mol. The quantitative estimate of drug-likeness (QED) is 0.705. The second-order valence-electron chi connectivity index (χ2n) is 4.47. The SMILES string of the molecule is CC(C)NC(=O)NC(=O)C(C)OC(=O)C1CC1. The van der Waals surface area contributed by atoms with Gasteiger partial charge >= 0.3 is 12.0 Å². The average molecular weight is 242 g/mol. The van der Waals surface area contributed by atoms with Crippen molar-refractivity contribution < 1.29 is 19.1 Å². The number of amides is 3. The molecule has 0 heterocycles. The molecule has 1 fully saturated rings. The molecule has 0 aromatic heterocycles. The average Bonchev–Trinajstić information content (AvgIpc) is 2.98. The summed E-state index contributed by atoms with van der Waals surface area (Å²) in [6.45, 7) is 5.00. The highest BCUT2D eigenvalue weighted by Gasteiger charge is 2.33. The lowest BCUT2D eigenvalue weighted by Crippen LogP contribution is -2.46. The molecule has 17 heavy (non-hydrogen) atoms. The zero-order valence-corrected chi connectivity index (χ0v) is 10.3. The van der Waals surface area contributed by atoms with Crippen molar-refractivity contribution in [3.63, 3.8) is 0 Å². The van der Waals surface area contributed by atoms with Crippen LogP contribution in [-0.4, -0.2) is 30.1 Å². The number of nitrogens with one attached hydrogen (secondary N) is 2. The fourth-order valence-corrected chi connectivity index (χ4v) is 1.15. The maximum absolute atomic E-state index is 11.5. The van der Waals surface area contributed by atoms with Crippen LogP contribution >= 0.6 is 0 Å². The van der Waals surface area contributed by atoms with E-state index in [1.807, 2.05) is 0 Å². The number of urea groups is 1. The lowest BCUT2D eigenvalue weighted by Gasteiger charge is -2.14. The van der Waals surface area contributed by atoms with Crippen LogP contribution in [0.1, 0.15) is 33.6 Å². The Kier molecular flexibility index (Phi) is 4.48. The van der Waals surface area contributed by atoms with Crippen LogP contribution < -0.4 is 10.6 Å². The Balaban J connectivity index is 2.30. The van der Waals surface area contributed by atoms with Gasteiger partial charge in [-0.05, 0) is 33.6 Å². The van der Waals surface area contributed by atoms with Gasteiger partial charge in [0.15, 0.2) is 6.10 Å². The van der Waals surface area contributed by atoms with Crippen molar-refractivity contribution in [1.82, 2.24) is 10.6 Å². The summed E-state index contributed by atoms with van der Waals surface area (Å²) in [6.07, 6.45) is 0.697. The summed E-state index contributed by atoms with van der Waals surface area (Å²) in [7, 11) is 0. The van der Waals surface area contributed by atoms with E-state index in [9.17, 15) is 14.4 Å². The van der Waals surface area contributed by atoms with Crippen molar-refractivity contribution in [2.45, 2.75) is 45.8 Å². The number of hydrogen-bond donors (Lipinski definition) is 2. The highest BCUT2D eigenvalue weighted by molar-refractivity contribution is 5.97. The third kappa shape index (κ3) is 4.84. The second-order valence-corrected chi connectivity index (χ2v) is 4.47. The largest absolute Gasteiger partial charge is 0.452 e. The molecule has 0 saturated heterocycles. The van der Waals surface area contributed by atoms with Gasteiger partial charge < -0.3 is 10.1 Å². The molecular formula is C11H18N2O4. The van der Waals surface area contributed by atoms with Crippen LogP contribution in [0.4, 0.5) is 4.79 Å². The van der Waals surface area contributed by atoms with Crippen LogP contribution in [0, 0.1) is 5.92 Å². The van der Waals surface area contributed by atoms with Crippen LogP contribution in [0.15, 0.2) is 0 Å². The first-order valence-corrected chi connectivity index (χ1v) is 5.72. The van der Waals surface area contributed by atoms with E-state index in [4.69, 9.17) is 4.74 Å². The Labute approximate surface area is 100 Å². The Hall–Kier alpha value is -1.59. The van der Waals surface area contributed by atoms with E-state index in [0.29, 0.717) is 0 Å². The van der Waals surface area contributed by atoms with Gasteiger partial charge in [-0.2, -0.15) is 0 Å². The monoisotopic (exact) mass is 242 g/mol. The highest BCUT2D eigenvalue weighted by Crippen LogP contribution is 2.30. The van der Waals surface area contributed by atoms with E-state index in [-0.39, 0.29) is 17.9 Å². The molecule has 6 heteroatoms. The maximum Gasteiger partial charge on any atom is 0.321 e. The van der Waals surface area contributed by atoms with Crippen molar-refractivity contribution in [2.24, 2.45) is 5.92 Å². The summed E-state index contributed by atoms with van der Waals surface area (Å²) in [5.41, 5.74) is 0. The minimum Gasteiger partial charge on any atom is -0.452 e. The third-order valence-electron chi connectivity index (χ3n) is 2.23. The van der Waals surface area contributed by atoms with Gasteiger partial charge in [-0.15, -0.1) is 0 Å². The predicted octanol–water partition coefficient (Wildman–Crippen LogP) is 0.562. The van der Waals surface area contributed by atoms with E-state index in [1.54, 1.807) is 13.8 Å². The minimum atomic E-state index is -0.944. The van der Waals surface area contributed by atoms with Gasteiger partial charge in [0.1, 0.15) is 0 Å². The number of carbonyl (C=O) groups excluding carboxylic acids is 3. The maximum atomic E-state index is 11.5. The Morgan fingerprint density at radius 3 is 2.24 bits per heavy atom. The molecule has 1 unspecified atom stereocenters. The van der Waals surface area contributed by atoms with Crippen molar-refractivity contribution in [1.29, 1.82) is 0 Å². The number of esters is 1. The number of rotatable bonds is 4. The number of imide groups is 1. The molecule has 0 aliphatic heterocycles. The van der Waals surface area contributed by atoms with Crippen molar-refractivity contribution in [3.8, 4) is 0 Å². The normalized spacial score (nSPS) is 16.2. The van der Waals surface area contributed by atoms with Gasteiger partial charge in [0.2, 0.25) is 0 Å². The van der Waals surface area contributed by atoms with Crippen LogP contribution in [-0.2, 0) is 14.3 Å². The highest BCUT2D eigenvalue weighted by atomic mass is 16.5. The molecule has 0 radical (unpaired) electrons. The number of hydrogen-bond acceptors (Lipinski definition) is 4. The summed E-state index contributed by atoms with van der Waals surface area (Å²) in [5.74, 6) is -1.04. The molecule has 2 N–H and O–H groups in total. The van der Waals surface area contributed by atoms with Crippen LogP contribution in [0.5, 0.6) is 0 Å². The summed E-state index contributed by atoms with van der Waals surface area (Å²) < 4.78 is 4.91. The molecular weight excluding hydrogens is 224 g/mol. The van der Waals surface area contributed by atoms with Crippen molar-refractivity contribution >= 4 is 17.9 Å². The van der Waals surface area contributed by atoms with Crippen LogP contribution in [0.2, 0.25) is 0 Å². The van der Waals surface area contributed by atoms with E-state index >= 15 is 0 Å². The van der Waals surface area contributed by atoms with Crippen LogP contribution in [0.3, 0.4) is 0 Å². The van der Waals surface area contributed by atoms with Gasteiger partial charge in [0.05, 0.1) is 5.92 Å². The molecule has 1 aliphatic carbocycles. The van der Waals surface area contributed by atoms with Gasteiger partial charge in [-0.25, -0.2) is 4.79 Å². The zero-order valence-electron chi connectivity index (χ0n) is 10.3. The second kappa shape index (κ2) is 5.65. The number of carbonyl (C=O) groups is 3. The van der Waals surface area contributed by atoms with Gasteiger partial charge in [0.25, 0.3) is 5.91 Å². The molecule has 1 saturated carbocycles. The summed E-state index contributed by atoms with van der Waals surface area (Å²) >= 11 is 0. The first-order valence-electron chi connectivity index (χ1n) is 5.72. The van der Waals surface area contributed by atoms with Crippen molar-refractivity contribution in [2.75, 3.05) is 0 Å². The number of ether oxygens (including phenoxy) is 1. The molecule has 0 bridgehead atoms. The van der Waals surface area contributed by atoms with E-state index < -0.39 is 18.0 Å². The molecule has 96 valence electrons. The van der Waals surface area contributed by atoms with E-state index in [2.05, 4.69) is 10.6 Å². The molecule has 1 aliphatic rings. The lowest BCUT2D eigenvalue weighted by atomic mass is 10.3. The smallest absolute Gasteiger partial charge is 0.321 e. The fraction of sp³-hybridized carbons (Fsp3) is 0.727. The van der Waals surface area contributed by atoms with Gasteiger partial charge in [-0.3, -0.25) is 14.9 Å². The first-order chi connectivity index (χ1) is 7.90. The topological polar surface area (TPSA) is 84.5 Å². The Morgan fingerprint density at radius 1 is 1.18 bits per heavy atom. The fourth-order valence-electron chi connectivity index (χ4n) is 1.15. The third-order valence-corrected chi connectivity index (χ3v) is 2.23. The molecule has 6 nitrogen and oxygen atoms in total. The summed E-state index contributed by atoms with van der Waals surface area (Å²) in [5, 5.41) is 4.62. The van der Waals surface area contributed by atoms with Crippen LogP contribution in [0.25, 0.3) is 0 Å². The van der Waals surface area contributed by atoms with E-state index in [1.165, 1.54) is 6.92 Å². The Morgan fingerprint density at radius 2 is 1.76 bits per heavy atom. The Bertz CT molecular complexity index is 323. The standard InChI is InChI=1S/C11H18N2O4/c1-6(2)12-11(16)13-9(14)7(3)17-10(15)8-4-5-8/h6-8H,4-5H2,1-3H3,(H2,12,13,14,16). The first kappa shape index (κ1) is 13.5. The lowest BCUT2D eigenvalue weighted by molar-refractivity contribution is -0.155. The zero-order chi connectivity index (χ0) is 13.0. The van der Waals surface area contributed by atoms with Gasteiger partial charge in [-0.1, -0.05) is 0 Å². The molecule has 0 aromatic carbocycles. The molecule has 3 amide bonds. The summed E-state index contributed by atoms with van der Waals surface area (Å²) in [6, 6.07) is -0.647. The molecule has 0 aromatic rings. The van der Waals surface area contributed by atoms with E-state index in [0.717, 1.165) is 12.8 Å². The van der Waals surface area contributed by atoms with Crippen molar-refractivity contribution in [3.05, 3.63) is 0 Å². The van der Waals surface area contributed by atoms with Gasteiger partial charge in [0, 0.05) is 6.04 Å². The molecule has 1 rings (SSSR count).